The van der Waals surface area contributed by atoms with E-state index in [1.54, 1.807) is 0 Å². The maximum Gasteiger partial charge on any atom is 0.312 e. The Labute approximate surface area is 92.2 Å². The van der Waals surface area contributed by atoms with Crippen molar-refractivity contribution in [2.45, 2.75) is 12.3 Å². The van der Waals surface area contributed by atoms with Gasteiger partial charge < -0.3 is 14.9 Å². The SMILES string of the molecule is Nc1nnc(C2CCOc3ccccc32)o1. The number of nitrogens with zero attached hydrogens (tertiary/aromatic N) is 2. The van der Waals surface area contributed by atoms with E-state index >= 15 is 0 Å². The van der Waals surface area contributed by atoms with Gasteiger partial charge in [-0.2, -0.15) is 0 Å². The molecule has 5 heteroatoms. The Hall–Kier alpha value is -2.04. The van der Waals surface area contributed by atoms with Gasteiger partial charge in [-0.15, -0.1) is 5.10 Å². The van der Waals surface area contributed by atoms with Crippen molar-refractivity contribution in [2.24, 2.45) is 0 Å². The van der Waals surface area contributed by atoms with Gasteiger partial charge in [0, 0.05) is 5.56 Å². The number of benzene rings is 1. The predicted molar refractivity (Wildman–Crippen MR) is 57.1 cm³/mol. The molecule has 0 radical (unpaired) electrons. The summed E-state index contributed by atoms with van der Waals surface area (Å²) >= 11 is 0. The first-order chi connectivity index (χ1) is 7.84. The fraction of sp³-hybridized carbons (Fsp3) is 0.273. The standard InChI is InChI=1S/C11H11N3O2/c12-11-14-13-10(16-11)8-5-6-15-9-4-2-1-3-7(8)9/h1-4,8H,5-6H2,(H2,12,14). The lowest BCUT2D eigenvalue weighted by Gasteiger charge is -2.23. The number of para-hydroxylation sites is 1. The molecule has 0 bridgehead atoms. The van der Waals surface area contributed by atoms with E-state index in [1.807, 2.05) is 24.3 Å². The summed E-state index contributed by atoms with van der Waals surface area (Å²) in [6.07, 6.45) is 0.832. The third-order valence-corrected chi connectivity index (χ3v) is 2.71. The third-order valence-electron chi connectivity index (χ3n) is 2.71. The number of anilines is 1. The Kier molecular flexibility index (Phi) is 2.02. The van der Waals surface area contributed by atoms with E-state index in [0.717, 1.165) is 17.7 Å². The molecule has 3 rings (SSSR count). The number of hydrogen-bond donors (Lipinski definition) is 1. The average Bonchev–Trinajstić information content (AvgIpc) is 2.75. The zero-order chi connectivity index (χ0) is 11.0. The Bertz CT molecular complexity index is 509. The van der Waals surface area contributed by atoms with Crippen molar-refractivity contribution in [1.29, 1.82) is 0 Å². The molecule has 82 valence electrons. The Morgan fingerprint density at radius 2 is 2.12 bits per heavy atom. The molecule has 1 unspecified atom stereocenters. The van der Waals surface area contributed by atoms with Crippen molar-refractivity contribution in [3.05, 3.63) is 35.7 Å². The lowest BCUT2D eigenvalue weighted by atomic mass is 9.93. The van der Waals surface area contributed by atoms with Gasteiger partial charge in [0.25, 0.3) is 0 Å². The van der Waals surface area contributed by atoms with Crippen LogP contribution in [0.5, 0.6) is 5.75 Å². The first-order valence-electron chi connectivity index (χ1n) is 5.15. The maximum absolute atomic E-state index is 5.56. The Morgan fingerprint density at radius 1 is 1.25 bits per heavy atom. The molecule has 2 heterocycles. The lowest BCUT2D eigenvalue weighted by molar-refractivity contribution is 0.265. The van der Waals surface area contributed by atoms with Crippen molar-refractivity contribution in [3.8, 4) is 5.75 Å². The van der Waals surface area contributed by atoms with Crippen LogP contribution in [0.2, 0.25) is 0 Å². The van der Waals surface area contributed by atoms with E-state index in [0.29, 0.717) is 12.5 Å². The van der Waals surface area contributed by atoms with Crippen molar-refractivity contribution in [3.63, 3.8) is 0 Å². The molecule has 0 spiro atoms. The molecule has 2 N–H and O–H groups in total. The number of nitrogens with two attached hydrogens (primary N) is 1. The van der Waals surface area contributed by atoms with Crippen LogP contribution in [0, 0.1) is 0 Å². The fourth-order valence-corrected chi connectivity index (χ4v) is 1.99. The summed E-state index contributed by atoms with van der Waals surface area (Å²) in [5.41, 5.74) is 6.51. The number of rotatable bonds is 1. The number of nitrogen functional groups attached to an aromatic ring is 1. The summed E-state index contributed by atoms with van der Waals surface area (Å²) in [5.74, 6) is 1.54. The molecule has 1 atom stereocenters. The second-order valence-electron chi connectivity index (χ2n) is 3.71. The molecule has 1 aliphatic rings. The van der Waals surface area contributed by atoms with Crippen molar-refractivity contribution in [2.75, 3.05) is 12.3 Å². The van der Waals surface area contributed by atoms with E-state index in [9.17, 15) is 0 Å². The zero-order valence-corrected chi connectivity index (χ0v) is 8.59. The summed E-state index contributed by atoms with van der Waals surface area (Å²) in [6.45, 7) is 0.657. The molecule has 2 aromatic rings. The van der Waals surface area contributed by atoms with E-state index in [-0.39, 0.29) is 11.9 Å². The normalized spacial score (nSPS) is 18.9. The average molecular weight is 217 g/mol. The minimum Gasteiger partial charge on any atom is -0.493 e. The highest BCUT2D eigenvalue weighted by molar-refractivity contribution is 5.40. The molecule has 5 nitrogen and oxygen atoms in total. The molecule has 0 amide bonds. The van der Waals surface area contributed by atoms with Crippen LogP contribution in [0.3, 0.4) is 0 Å². The monoisotopic (exact) mass is 217 g/mol. The van der Waals surface area contributed by atoms with Gasteiger partial charge in [0.15, 0.2) is 0 Å². The smallest absolute Gasteiger partial charge is 0.312 e. The zero-order valence-electron chi connectivity index (χ0n) is 8.59. The molecular weight excluding hydrogens is 206 g/mol. The van der Waals surface area contributed by atoms with Gasteiger partial charge in [-0.25, -0.2) is 0 Å². The molecule has 0 saturated heterocycles. The van der Waals surface area contributed by atoms with E-state index in [2.05, 4.69) is 10.2 Å². The predicted octanol–water partition coefficient (Wildman–Crippen LogP) is 1.57. The van der Waals surface area contributed by atoms with Crippen molar-refractivity contribution in [1.82, 2.24) is 10.2 Å². The molecule has 1 aromatic heterocycles. The van der Waals surface area contributed by atoms with Crippen LogP contribution in [0.25, 0.3) is 0 Å². The molecule has 0 saturated carbocycles. The van der Waals surface area contributed by atoms with Crippen LogP contribution >= 0.6 is 0 Å². The lowest BCUT2D eigenvalue weighted by Crippen LogP contribution is -2.15. The Balaban J connectivity index is 2.04. The minimum atomic E-state index is 0.0924. The molecule has 1 aromatic carbocycles. The first kappa shape index (κ1) is 9.21. The highest BCUT2D eigenvalue weighted by Gasteiger charge is 2.26. The molecule has 1 aliphatic heterocycles. The topological polar surface area (TPSA) is 74.2 Å². The van der Waals surface area contributed by atoms with Gasteiger partial charge in [0.1, 0.15) is 5.75 Å². The van der Waals surface area contributed by atoms with Gasteiger partial charge in [-0.1, -0.05) is 23.3 Å². The number of fused-ring (bicyclic) bond motifs is 1. The van der Waals surface area contributed by atoms with Gasteiger partial charge in [-0.05, 0) is 12.5 Å². The highest BCUT2D eigenvalue weighted by atomic mass is 16.5. The van der Waals surface area contributed by atoms with Gasteiger partial charge in [0.2, 0.25) is 5.89 Å². The van der Waals surface area contributed by atoms with Gasteiger partial charge in [0.05, 0.1) is 12.5 Å². The van der Waals surface area contributed by atoms with Crippen molar-refractivity contribution < 1.29 is 9.15 Å². The summed E-state index contributed by atoms with van der Waals surface area (Å²) in [6, 6.07) is 7.99. The fourth-order valence-electron chi connectivity index (χ4n) is 1.99. The number of ether oxygens (including phenoxy) is 1. The maximum atomic E-state index is 5.56. The van der Waals surface area contributed by atoms with E-state index < -0.39 is 0 Å². The summed E-state index contributed by atoms with van der Waals surface area (Å²) in [4.78, 5) is 0. The number of aromatic nitrogens is 2. The van der Waals surface area contributed by atoms with Crippen LogP contribution < -0.4 is 10.5 Å². The molecule has 0 fully saturated rings. The van der Waals surface area contributed by atoms with Crippen LogP contribution in [0.15, 0.2) is 28.7 Å². The molecule has 0 aliphatic carbocycles. The number of hydrogen-bond acceptors (Lipinski definition) is 5. The van der Waals surface area contributed by atoms with E-state index in [1.165, 1.54) is 0 Å². The van der Waals surface area contributed by atoms with Crippen LogP contribution in [0.4, 0.5) is 6.01 Å². The van der Waals surface area contributed by atoms with Crippen LogP contribution in [-0.4, -0.2) is 16.8 Å². The molecular formula is C11H11N3O2. The second-order valence-corrected chi connectivity index (χ2v) is 3.71. The summed E-state index contributed by atoms with van der Waals surface area (Å²) < 4.78 is 10.8. The van der Waals surface area contributed by atoms with Gasteiger partial charge in [-0.3, -0.25) is 0 Å². The molecule has 16 heavy (non-hydrogen) atoms. The van der Waals surface area contributed by atoms with Crippen LogP contribution in [0.1, 0.15) is 23.8 Å². The van der Waals surface area contributed by atoms with E-state index in [4.69, 9.17) is 14.9 Å². The third kappa shape index (κ3) is 1.41. The summed E-state index contributed by atoms with van der Waals surface area (Å²) in [7, 11) is 0. The Morgan fingerprint density at radius 3 is 2.94 bits per heavy atom. The minimum absolute atomic E-state index is 0.0924. The largest absolute Gasteiger partial charge is 0.493 e. The first-order valence-corrected chi connectivity index (χ1v) is 5.15. The van der Waals surface area contributed by atoms with Crippen molar-refractivity contribution >= 4 is 6.01 Å². The highest BCUT2D eigenvalue weighted by Crippen LogP contribution is 2.37. The van der Waals surface area contributed by atoms with Gasteiger partial charge >= 0.3 is 6.01 Å². The second kappa shape index (κ2) is 3.52. The quantitative estimate of drug-likeness (QED) is 0.784. The summed E-state index contributed by atoms with van der Waals surface area (Å²) in [5, 5.41) is 7.63. The van der Waals surface area contributed by atoms with Crippen LogP contribution in [-0.2, 0) is 0 Å².